The Labute approximate surface area is 119 Å². The number of carboxylic acid groups (broad SMARTS) is 1. The van der Waals surface area contributed by atoms with Crippen LogP contribution in [0.25, 0.3) is 0 Å². The molecule has 1 N–H and O–H groups in total. The molecule has 0 bridgehead atoms. The maximum Gasteiger partial charge on any atom is 0.310 e. The van der Waals surface area contributed by atoms with E-state index in [4.69, 9.17) is 9.84 Å². The minimum atomic E-state index is -0.851. The van der Waals surface area contributed by atoms with Gasteiger partial charge in [0.1, 0.15) is 5.82 Å². The van der Waals surface area contributed by atoms with Gasteiger partial charge in [0.2, 0.25) is 0 Å². The molecule has 19 heavy (non-hydrogen) atoms. The van der Waals surface area contributed by atoms with E-state index in [1.165, 1.54) is 6.07 Å². The van der Waals surface area contributed by atoms with Crippen LogP contribution in [-0.4, -0.2) is 42.3 Å². The van der Waals surface area contributed by atoms with Gasteiger partial charge in [-0.05, 0) is 40.7 Å². The van der Waals surface area contributed by atoms with Gasteiger partial charge in [0.25, 0.3) is 0 Å². The SMILES string of the molecule is CN(Cc1ccc(Br)c(F)c1)C1COCC1C(=O)O. The minimum Gasteiger partial charge on any atom is -0.481 e. The van der Waals surface area contributed by atoms with Crippen molar-refractivity contribution in [1.82, 2.24) is 4.90 Å². The van der Waals surface area contributed by atoms with Crippen LogP contribution < -0.4 is 0 Å². The number of rotatable bonds is 4. The van der Waals surface area contributed by atoms with Gasteiger partial charge in [-0.25, -0.2) is 4.39 Å². The maximum atomic E-state index is 13.4. The Morgan fingerprint density at radius 3 is 2.95 bits per heavy atom. The van der Waals surface area contributed by atoms with Gasteiger partial charge in [-0.2, -0.15) is 0 Å². The first-order valence-electron chi connectivity index (χ1n) is 5.93. The molecule has 1 aromatic rings. The zero-order valence-corrected chi connectivity index (χ0v) is 12.1. The molecule has 1 fully saturated rings. The van der Waals surface area contributed by atoms with Crippen molar-refractivity contribution < 1.29 is 19.0 Å². The number of benzene rings is 1. The summed E-state index contributed by atoms with van der Waals surface area (Å²) in [5, 5.41) is 9.11. The monoisotopic (exact) mass is 331 g/mol. The summed E-state index contributed by atoms with van der Waals surface area (Å²) in [5.74, 6) is -1.69. The van der Waals surface area contributed by atoms with Crippen molar-refractivity contribution in [2.45, 2.75) is 12.6 Å². The van der Waals surface area contributed by atoms with Crippen LogP contribution >= 0.6 is 15.9 Å². The highest BCUT2D eigenvalue weighted by Gasteiger charge is 2.36. The summed E-state index contributed by atoms with van der Waals surface area (Å²) < 4.78 is 19.1. The highest BCUT2D eigenvalue weighted by atomic mass is 79.9. The lowest BCUT2D eigenvalue weighted by atomic mass is 10.0. The minimum absolute atomic E-state index is 0.177. The molecule has 2 rings (SSSR count). The van der Waals surface area contributed by atoms with E-state index >= 15 is 0 Å². The molecule has 0 aliphatic carbocycles. The predicted octanol–water partition coefficient (Wildman–Crippen LogP) is 2.12. The number of aliphatic carboxylic acids is 1. The molecule has 0 aromatic heterocycles. The summed E-state index contributed by atoms with van der Waals surface area (Å²) in [4.78, 5) is 13.0. The van der Waals surface area contributed by atoms with Gasteiger partial charge in [0, 0.05) is 12.6 Å². The molecule has 1 aliphatic rings. The van der Waals surface area contributed by atoms with Gasteiger partial charge < -0.3 is 9.84 Å². The quantitative estimate of drug-likeness (QED) is 0.918. The Morgan fingerprint density at radius 1 is 1.58 bits per heavy atom. The van der Waals surface area contributed by atoms with Crippen molar-refractivity contribution in [2.75, 3.05) is 20.3 Å². The number of carbonyl (C=O) groups is 1. The van der Waals surface area contributed by atoms with Crippen molar-refractivity contribution >= 4 is 21.9 Å². The summed E-state index contributed by atoms with van der Waals surface area (Å²) in [7, 11) is 1.83. The van der Waals surface area contributed by atoms with Gasteiger partial charge >= 0.3 is 5.97 Å². The van der Waals surface area contributed by atoms with Crippen molar-refractivity contribution in [3.05, 3.63) is 34.1 Å². The molecule has 0 amide bonds. The second-order valence-electron chi connectivity index (χ2n) is 4.71. The Bertz CT molecular complexity index is 483. The fourth-order valence-corrected chi connectivity index (χ4v) is 2.50. The van der Waals surface area contributed by atoms with Crippen molar-refractivity contribution in [3.63, 3.8) is 0 Å². The van der Waals surface area contributed by atoms with E-state index in [1.54, 1.807) is 6.07 Å². The predicted molar refractivity (Wildman–Crippen MR) is 71.3 cm³/mol. The Morgan fingerprint density at radius 2 is 2.32 bits per heavy atom. The third-order valence-corrected chi connectivity index (χ3v) is 3.99. The van der Waals surface area contributed by atoms with Gasteiger partial charge in [-0.15, -0.1) is 0 Å². The first-order chi connectivity index (χ1) is 8.99. The summed E-state index contributed by atoms with van der Waals surface area (Å²) in [6.07, 6.45) is 0. The first-order valence-corrected chi connectivity index (χ1v) is 6.73. The first kappa shape index (κ1) is 14.4. The fourth-order valence-electron chi connectivity index (χ4n) is 2.26. The van der Waals surface area contributed by atoms with E-state index in [2.05, 4.69) is 15.9 Å². The molecular formula is C13H15BrFNO3. The molecule has 2 unspecified atom stereocenters. The number of likely N-dealkylation sites (N-methyl/N-ethyl adjacent to an activating group) is 1. The number of nitrogens with zero attached hydrogens (tertiary/aromatic N) is 1. The highest BCUT2D eigenvalue weighted by Crippen LogP contribution is 2.22. The van der Waals surface area contributed by atoms with Crippen LogP contribution in [0, 0.1) is 11.7 Å². The lowest BCUT2D eigenvalue weighted by Crippen LogP contribution is -2.40. The molecule has 2 atom stereocenters. The van der Waals surface area contributed by atoms with E-state index < -0.39 is 11.9 Å². The molecular weight excluding hydrogens is 317 g/mol. The van der Waals surface area contributed by atoms with Crippen LogP contribution in [0.3, 0.4) is 0 Å². The summed E-state index contributed by atoms with van der Waals surface area (Å²) >= 11 is 3.10. The lowest BCUT2D eigenvalue weighted by Gasteiger charge is -2.26. The third-order valence-electron chi connectivity index (χ3n) is 3.35. The van der Waals surface area contributed by atoms with Crippen LogP contribution in [0.2, 0.25) is 0 Å². The van der Waals surface area contributed by atoms with Crippen LogP contribution in [0.15, 0.2) is 22.7 Å². The Hall–Kier alpha value is -0.980. The summed E-state index contributed by atoms with van der Waals surface area (Å²) in [6.45, 7) is 1.12. The van der Waals surface area contributed by atoms with Gasteiger partial charge in [-0.3, -0.25) is 9.69 Å². The molecule has 1 heterocycles. The number of halogens is 2. The number of hydrogen-bond donors (Lipinski definition) is 1. The normalized spacial score (nSPS) is 22.9. The third kappa shape index (κ3) is 3.32. The summed E-state index contributed by atoms with van der Waals surface area (Å²) in [6, 6.07) is 4.74. The van der Waals surface area contributed by atoms with Crippen LogP contribution in [-0.2, 0) is 16.1 Å². The number of carboxylic acids is 1. The van der Waals surface area contributed by atoms with Crippen LogP contribution in [0.5, 0.6) is 0 Å². The summed E-state index contributed by atoms with van der Waals surface area (Å²) in [5.41, 5.74) is 0.805. The van der Waals surface area contributed by atoms with Crippen LogP contribution in [0.1, 0.15) is 5.56 Å². The van der Waals surface area contributed by atoms with Crippen molar-refractivity contribution in [3.8, 4) is 0 Å². The second kappa shape index (κ2) is 5.98. The smallest absolute Gasteiger partial charge is 0.310 e. The lowest BCUT2D eigenvalue weighted by molar-refractivity contribution is -0.143. The van der Waals surface area contributed by atoms with E-state index in [1.807, 2.05) is 18.0 Å². The Kier molecular flexibility index (Phi) is 4.54. The topological polar surface area (TPSA) is 49.8 Å². The van der Waals surface area contributed by atoms with E-state index in [0.717, 1.165) is 5.56 Å². The largest absolute Gasteiger partial charge is 0.481 e. The molecule has 0 saturated carbocycles. The van der Waals surface area contributed by atoms with Gasteiger partial charge in [0.05, 0.1) is 23.6 Å². The number of hydrogen-bond acceptors (Lipinski definition) is 3. The molecule has 1 aliphatic heterocycles. The van der Waals surface area contributed by atoms with Gasteiger partial charge in [0.15, 0.2) is 0 Å². The van der Waals surface area contributed by atoms with Crippen LogP contribution in [0.4, 0.5) is 4.39 Å². The van der Waals surface area contributed by atoms with Gasteiger partial charge in [-0.1, -0.05) is 6.07 Å². The molecule has 4 nitrogen and oxygen atoms in total. The highest BCUT2D eigenvalue weighted by molar-refractivity contribution is 9.10. The molecule has 1 saturated heterocycles. The average molecular weight is 332 g/mol. The fraction of sp³-hybridized carbons (Fsp3) is 0.462. The van der Waals surface area contributed by atoms with E-state index in [9.17, 15) is 9.18 Å². The molecule has 6 heteroatoms. The van der Waals surface area contributed by atoms with Crippen molar-refractivity contribution in [1.29, 1.82) is 0 Å². The average Bonchev–Trinajstić information content (AvgIpc) is 2.83. The Balaban J connectivity index is 2.05. The molecule has 0 spiro atoms. The van der Waals surface area contributed by atoms with E-state index in [0.29, 0.717) is 17.6 Å². The van der Waals surface area contributed by atoms with Crippen molar-refractivity contribution in [2.24, 2.45) is 5.92 Å². The number of ether oxygens (including phenoxy) is 1. The zero-order valence-electron chi connectivity index (χ0n) is 10.5. The second-order valence-corrected chi connectivity index (χ2v) is 5.57. The zero-order chi connectivity index (χ0) is 14.0. The maximum absolute atomic E-state index is 13.4. The standard InChI is InChI=1S/C13H15BrFNO3/c1-16(12-7-19-6-9(12)13(17)18)5-8-2-3-10(14)11(15)4-8/h2-4,9,12H,5-7H2,1H3,(H,17,18). The molecule has 104 valence electrons. The molecule has 0 radical (unpaired) electrons. The van der Waals surface area contributed by atoms with E-state index in [-0.39, 0.29) is 18.5 Å². The molecule has 1 aromatic carbocycles.